The zero-order valence-corrected chi connectivity index (χ0v) is 22.7. The van der Waals surface area contributed by atoms with E-state index < -0.39 is 27.5 Å². The van der Waals surface area contributed by atoms with Crippen molar-refractivity contribution in [1.29, 1.82) is 0 Å². The number of aromatic hydroxyl groups is 1. The average Bonchev–Trinajstić information content (AvgIpc) is 3.37. The van der Waals surface area contributed by atoms with Crippen molar-refractivity contribution in [1.82, 2.24) is 15.0 Å². The maximum absolute atomic E-state index is 14.0. The summed E-state index contributed by atoms with van der Waals surface area (Å²) in [5.41, 5.74) is 1.60. The van der Waals surface area contributed by atoms with Crippen molar-refractivity contribution in [3.05, 3.63) is 96.1 Å². The Morgan fingerprint density at radius 1 is 0.976 bits per heavy atom. The second kappa shape index (κ2) is 11.4. The molecule has 41 heavy (non-hydrogen) atoms. The van der Waals surface area contributed by atoms with Crippen LogP contribution in [0, 0.1) is 17.5 Å². The van der Waals surface area contributed by atoms with E-state index >= 15 is 0 Å². The van der Waals surface area contributed by atoms with E-state index in [4.69, 9.17) is 4.74 Å². The number of para-hydroxylation sites is 1. The minimum absolute atomic E-state index is 0.0137. The van der Waals surface area contributed by atoms with Crippen molar-refractivity contribution in [2.45, 2.75) is 11.6 Å². The number of aromatic nitrogens is 3. The van der Waals surface area contributed by atoms with Crippen LogP contribution in [-0.2, 0) is 16.6 Å². The summed E-state index contributed by atoms with van der Waals surface area (Å²) in [6.45, 7) is 0.223. The molecule has 3 heterocycles. The van der Waals surface area contributed by atoms with Crippen LogP contribution in [0.5, 0.6) is 11.5 Å². The van der Waals surface area contributed by atoms with E-state index in [-0.39, 0.29) is 39.4 Å². The highest BCUT2D eigenvalue weighted by atomic mass is 32.2. The normalized spacial score (nSPS) is 11.3. The summed E-state index contributed by atoms with van der Waals surface area (Å²) in [6, 6.07) is 13.5. The number of methoxy groups -OCH3 is 1. The van der Waals surface area contributed by atoms with Crippen LogP contribution in [-0.4, -0.2) is 35.6 Å². The Morgan fingerprint density at radius 2 is 1.80 bits per heavy atom. The number of phenols is 1. The number of pyridine rings is 2. The SMILES string of the molecule is COc1cccc(CNc2ccc(S(=O)(=O)Nc3nc(-c4ccc(F)c(F)c4)c(-c4ccc(F)cn4)s3)nc2)c1O. The molecule has 3 N–H and O–H groups in total. The van der Waals surface area contributed by atoms with Gasteiger partial charge in [0.2, 0.25) is 0 Å². The second-order valence-corrected chi connectivity index (χ2v) is 11.1. The number of thiazole rings is 1. The number of rotatable bonds is 9. The monoisotopic (exact) mass is 599 g/mol. The molecule has 2 aromatic carbocycles. The van der Waals surface area contributed by atoms with Gasteiger partial charge in [0.1, 0.15) is 5.82 Å². The van der Waals surface area contributed by atoms with E-state index in [0.717, 1.165) is 35.7 Å². The third-order valence-electron chi connectivity index (χ3n) is 5.80. The smallest absolute Gasteiger partial charge is 0.281 e. The number of phenolic OH excluding ortho intramolecular Hbond substituents is 1. The topological polar surface area (TPSA) is 126 Å². The third-order valence-corrected chi connectivity index (χ3v) is 8.18. The number of anilines is 2. The van der Waals surface area contributed by atoms with Crippen LogP contribution in [0.15, 0.2) is 78.1 Å². The van der Waals surface area contributed by atoms with E-state index in [0.29, 0.717) is 21.9 Å². The zero-order chi connectivity index (χ0) is 29.1. The summed E-state index contributed by atoms with van der Waals surface area (Å²) >= 11 is 0.882. The minimum Gasteiger partial charge on any atom is -0.504 e. The Kier molecular flexibility index (Phi) is 7.77. The van der Waals surface area contributed by atoms with Gasteiger partial charge in [0.25, 0.3) is 10.0 Å². The van der Waals surface area contributed by atoms with Crippen LogP contribution in [0.1, 0.15) is 5.56 Å². The number of ether oxygens (including phenoxy) is 1. The van der Waals surface area contributed by atoms with E-state index in [9.17, 15) is 26.7 Å². The predicted molar refractivity (Wildman–Crippen MR) is 148 cm³/mol. The molecule has 0 bridgehead atoms. The first-order valence-electron chi connectivity index (χ1n) is 11.8. The Hall–Kier alpha value is -4.69. The molecule has 0 fully saturated rings. The molecule has 9 nitrogen and oxygen atoms in total. The highest BCUT2D eigenvalue weighted by Gasteiger charge is 2.22. The molecule has 3 aromatic heterocycles. The first-order chi connectivity index (χ1) is 19.6. The van der Waals surface area contributed by atoms with Crippen LogP contribution in [0.4, 0.5) is 24.0 Å². The number of halogens is 3. The molecule has 210 valence electrons. The van der Waals surface area contributed by atoms with Gasteiger partial charge in [-0.1, -0.05) is 23.5 Å². The predicted octanol–water partition coefficient (Wildman–Crippen LogP) is 5.81. The zero-order valence-electron chi connectivity index (χ0n) is 21.1. The van der Waals surface area contributed by atoms with Gasteiger partial charge in [-0.2, -0.15) is 8.42 Å². The van der Waals surface area contributed by atoms with Crippen molar-refractivity contribution in [3.8, 4) is 33.3 Å². The van der Waals surface area contributed by atoms with E-state index in [1.807, 2.05) is 0 Å². The molecule has 0 aliphatic carbocycles. The van der Waals surface area contributed by atoms with Crippen LogP contribution in [0.25, 0.3) is 21.8 Å². The first kappa shape index (κ1) is 27.9. The molecule has 5 aromatic rings. The Labute approximate surface area is 236 Å². The molecule has 0 saturated heterocycles. The molecule has 0 spiro atoms. The number of benzene rings is 2. The molecule has 14 heteroatoms. The second-order valence-electron chi connectivity index (χ2n) is 8.50. The molecule has 0 saturated carbocycles. The van der Waals surface area contributed by atoms with Gasteiger partial charge in [-0.15, -0.1) is 0 Å². The fraction of sp³-hybridized carbons (Fsp3) is 0.0741. The molecule has 0 aliphatic rings. The Morgan fingerprint density at radius 3 is 2.49 bits per heavy atom. The summed E-state index contributed by atoms with van der Waals surface area (Å²) in [5, 5.41) is 12.9. The van der Waals surface area contributed by atoms with Crippen molar-refractivity contribution < 1.29 is 31.4 Å². The Balaban J connectivity index is 1.38. The molecule has 0 aliphatic heterocycles. The maximum Gasteiger partial charge on any atom is 0.281 e. The van der Waals surface area contributed by atoms with Crippen LogP contribution in [0.3, 0.4) is 0 Å². The highest BCUT2D eigenvalue weighted by Crippen LogP contribution is 2.39. The summed E-state index contributed by atoms with van der Waals surface area (Å²) < 4.78 is 74.6. The molecule has 0 amide bonds. The molecule has 0 atom stereocenters. The van der Waals surface area contributed by atoms with Crippen molar-refractivity contribution in [2.75, 3.05) is 17.1 Å². The van der Waals surface area contributed by atoms with Gasteiger partial charge in [-0.3, -0.25) is 9.71 Å². The number of sulfonamides is 1. The molecule has 0 unspecified atom stereocenters. The standard InChI is InChI=1S/C27H20F3N5O4S2/c1-39-22-4-2-3-16(25(22)36)12-31-18-7-10-23(33-14-18)41(37,38)35-27-34-24(15-5-8-19(29)20(30)11-15)26(40-27)21-9-6-17(28)13-32-21/h2-11,13-14,31,36H,12H2,1H3,(H,34,35). The summed E-state index contributed by atoms with van der Waals surface area (Å²) in [7, 11) is -2.77. The van der Waals surface area contributed by atoms with Gasteiger partial charge in [-0.05, 0) is 48.5 Å². The van der Waals surface area contributed by atoms with Gasteiger partial charge in [-0.25, -0.2) is 23.1 Å². The van der Waals surface area contributed by atoms with Crippen LogP contribution in [0.2, 0.25) is 0 Å². The van der Waals surface area contributed by atoms with Gasteiger partial charge < -0.3 is 15.2 Å². The highest BCUT2D eigenvalue weighted by molar-refractivity contribution is 7.92. The van der Waals surface area contributed by atoms with Gasteiger partial charge >= 0.3 is 0 Å². The fourth-order valence-electron chi connectivity index (χ4n) is 3.77. The van der Waals surface area contributed by atoms with Gasteiger partial charge in [0.15, 0.2) is 33.3 Å². The van der Waals surface area contributed by atoms with Crippen LogP contribution >= 0.6 is 11.3 Å². The number of nitrogens with zero attached hydrogens (tertiary/aromatic N) is 3. The number of hydrogen-bond acceptors (Lipinski definition) is 9. The summed E-state index contributed by atoms with van der Waals surface area (Å²) in [4.78, 5) is 12.6. The van der Waals surface area contributed by atoms with E-state index in [1.54, 1.807) is 18.2 Å². The molecule has 0 radical (unpaired) electrons. The van der Waals surface area contributed by atoms with E-state index in [2.05, 4.69) is 25.0 Å². The Bertz CT molecular complexity index is 1820. The largest absolute Gasteiger partial charge is 0.504 e. The lowest BCUT2D eigenvalue weighted by atomic mass is 10.1. The van der Waals surface area contributed by atoms with Crippen molar-refractivity contribution >= 4 is 32.2 Å². The summed E-state index contributed by atoms with van der Waals surface area (Å²) in [5.74, 6) is -2.45. The van der Waals surface area contributed by atoms with Crippen molar-refractivity contribution in [2.24, 2.45) is 0 Å². The lowest BCUT2D eigenvalue weighted by Crippen LogP contribution is -2.14. The van der Waals surface area contributed by atoms with Gasteiger partial charge in [0.05, 0.1) is 41.5 Å². The van der Waals surface area contributed by atoms with Gasteiger partial charge in [0, 0.05) is 17.7 Å². The molecule has 5 rings (SSSR count). The first-order valence-corrected chi connectivity index (χ1v) is 14.1. The average molecular weight is 600 g/mol. The number of nitrogens with one attached hydrogen (secondary N) is 2. The summed E-state index contributed by atoms with van der Waals surface area (Å²) in [6.07, 6.45) is 2.29. The molecular weight excluding hydrogens is 579 g/mol. The number of hydrogen-bond donors (Lipinski definition) is 3. The minimum atomic E-state index is -4.21. The molecular formula is C27H20F3N5O4S2. The lowest BCUT2D eigenvalue weighted by molar-refractivity contribution is 0.371. The fourth-order valence-corrected chi connectivity index (χ4v) is 5.90. The van der Waals surface area contributed by atoms with E-state index in [1.165, 1.54) is 37.6 Å². The third kappa shape index (κ3) is 6.07. The van der Waals surface area contributed by atoms with Crippen LogP contribution < -0.4 is 14.8 Å². The quantitative estimate of drug-likeness (QED) is 0.194. The van der Waals surface area contributed by atoms with Crippen molar-refractivity contribution in [3.63, 3.8) is 0 Å². The maximum atomic E-state index is 14.0. The lowest BCUT2D eigenvalue weighted by Gasteiger charge is -2.11.